The van der Waals surface area contributed by atoms with E-state index in [1.54, 1.807) is 11.3 Å². The van der Waals surface area contributed by atoms with Gasteiger partial charge in [-0.3, -0.25) is 0 Å². The van der Waals surface area contributed by atoms with Crippen molar-refractivity contribution in [3.63, 3.8) is 0 Å². The second-order valence-electron chi connectivity index (χ2n) is 3.18. The molecular formula is C10H13N3S. The lowest BCUT2D eigenvalue weighted by atomic mass is 10.4. The molecule has 0 bridgehead atoms. The summed E-state index contributed by atoms with van der Waals surface area (Å²) < 4.78 is 0. The number of rotatable bonds is 4. The number of H-pyrrole nitrogens is 1. The summed E-state index contributed by atoms with van der Waals surface area (Å²) in [5, 5.41) is 6.56. The molecule has 0 radical (unpaired) electrons. The minimum atomic E-state index is 0.845. The molecule has 2 rings (SSSR count). The van der Waals surface area contributed by atoms with E-state index in [9.17, 15) is 0 Å². The monoisotopic (exact) mass is 207 g/mol. The maximum absolute atomic E-state index is 4.38. The Morgan fingerprint density at radius 2 is 2.43 bits per heavy atom. The lowest BCUT2D eigenvalue weighted by Crippen LogP contribution is -2.12. The van der Waals surface area contributed by atoms with Gasteiger partial charge >= 0.3 is 0 Å². The van der Waals surface area contributed by atoms with Gasteiger partial charge in [-0.2, -0.15) is 0 Å². The smallest absolute Gasteiger partial charge is 0.107 e. The van der Waals surface area contributed by atoms with Gasteiger partial charge in [0.25, 0.3) is 0 Å². The predicted octanol–water partition coefficient (Wildman–Crippen LogP) is 2.07. The summed E-state index contributed by atoms with van der Waals surface area (Å²) in [4.78, 5) is 7.52. The number of aromatic nitrogens is 2. The summed E-state index contributed by atoms with van der Waals surface area (Å²) in [7, 11) is 0. The number of nitrogens with zero attached hydrogens (tertiary/aromatic N) is 1. The van der Waals surface area contributed by atoms with E-state index in [1.165, 1.54) is 5.69 Å². The van der Waals surface area contributed by atoms with Crippen LogP contribution in [0, 0.1) is 6.92 Å². The zero-order chi connectivity index (χ0) is 9.80. The molecule has 14 heavy (non-hydrogen) atoms. The van der Waals surface area contributed by atoms with Crippen LogP contribution < -0.4 is 5.32 Å². The third-order valence-electron chi connectivity index (χ3n) is 1.92. The van der Waals surface area contributed by atoms with Crippen LogP contribution in [-0.4, -0.2) is 9.97 Å². The highest BCUT2D eigenvalue weighted by atomic mass is 32.1. The van der Waals surface area contributed by atoms with Crippen molar-refractivity contribution in [3.8, 4) is 0 Å². The number of hydrogen-bond acceptors (Lipinski definition) is 3. The van der Waals surface area contributed by atoms with Gasteiger partial charge in [-0.25, -0.2) is 4.98 Å². The molecular weight excluding hydrogens is 194 g/mol. The summed E-state index contributed by atoms with van der Waals surface area (Å²) in [5.41, 5.74) is 2.31. The van der Waals surface area contributed by atoms with Crippen LogP contribution in [0.1, 0.15) is 16.4 Å². The molecule has 2 aromatic heterocycles. The van der Waals surface area contributed by atoms with Crippen LogP contribution in [0.25, 0.3) is 0 Å². The van der Waals surface area contributed by atoms with E-state index in [-0.39, 0.29) is 0 Å². The van der Waals surface area contributed by atoms with E-state index >= 15 is 0 Å². The third-order valence-corrected chi connectivity index (χ3v) is 2.89. The van der Waals surface area contributed by atoms with Gasteiger partial charge in [0.05, 0.1) is 0 Å². The Labute approximate surface area is 87.2 Å². The zero-order valence-corrected chi connectivity index (χ0v) is 8.90. The van der Waals surface area contributed by atoms with Gasteiger partial charge in [0.15, 0.2) is 0 Å². The van der Waals surface area contributed by atoms with E-state index < -0.39 is 0 Å². The van der Waals surface area contributed by atoms with Gasteiger partial charge < -0.3 is 10.3 Å². The third kappa shape index (κ3) is 2.43. The molecule has 2 aromatic rings. The van der Waals surface area contributed by atoms with Crippen LogP contribution in [0.2, 0.25) is 0 Å². The average molecular weight is 207 g/mol. The molecule has 0 aromatic carbocycles. The maximum Gasteiger partial charge on any atom is 0.107 e. The lowest BCUT2D eigenvalue weighted by molar-refractivity contribution is 0.678. The largest absolute Gasteiger partial charge is 0.364 e. The van der Waals surface area contributed by atoms with E-state index in [2.05, 4.69) is 26.7 Å². The Hall–Kier alpha value is -1.13. The van der Waals surface area contributed by atoms with Gasteiger partial charge in [0, 0.05) is 36.1 Å². The van der Waals surface area contributed by atoms with E-state index in [0.717, 1.165) is 23.8 Å². The maximum atomic E-state index is 4.38. The van der Waals surface area contributed by atoms with Gasteiger partial charge in [-0.15, -0.1) is 11.3 Å². The molecule has 3 nitrogen and oxygen atoms in total. The van der Waals surface area contributed by atoms with Crippen LogP contribution in [-0.2, 0) is 13.1 Å². The molecule has 0 fully saturated rings. The molecule has 2 N–H and O–H groups in total. The highest BCUT2D eigenvalue weighted by molar-refractivity contribution is 7.09. The summed E-state index contributed by atoms with van der Waals surface area (Å²) in [6.07, 6.45) is 1.94. The Morgan fingerprint density at radius 1 is 1.50 bits per heavy atom. The topological polar surface area (TPSA) is 40.7 Å². The highest BCUT2D eigenvalue weighted by Gasteiger charge is 1.97. The number of aryl methyl sites for hydroxylation is 1. The molecule has 0 aliphatic rings. The van der Waals surface area contributed by atoms with Gasteiger partial charge in [0.1, 0.15) is 5.01 Å². The molecule has 74 valence electrons. The average Bonchev–Trinajstić information content (AvgIpc) is 2.77. The van der Waals surface area contributed by atoms with Crippen molar-refractivity contribution < 1.29 is 0 Å². The van der Waals surface area contributed by atoms with Crippen LogP contribution in [0.4, 0.5) is 0 Å². The quantitative estimate of drug-likeness (QED) is 0.805. The first-order valence-electron chi connectivity index (χ1n) is 4.58. The van der Waals surface area contributed by atoms with Crippen LogP contribution in [0.15, 0.2) is 23.7 Å². The molecule has 0 aliphatic heterocycles. The van der Waals surface area contributed by atoms with Crippen molar-refractivity contribution in [2.24, 2.45) is 0 Å². The minimum absolute atomic E-state index is 0.845. The fraction of sp³-hybridized carbons (Fsp3) is 0.300. The molecule has 0 saturated carbocycles. The number of thiazole rings is 1. The Balaban J connectivity index is 1.78. The first-order chi connectivity index (χ1) is 6.84. The van der Waals surface area contributed by atoms with E-state index in [1.807, 2.05) is 19.2 Å². The number of nitrogens with one attached hydrogen (secondary N) is 2. The standard InChI is InChI=1S/C10H13N3S/c1-8-7-14-10(13-8)6-11-5-9-3-2-4-12-9/h2-4,7,11-12H,5-6H2,1H3. The molecule has 0 aliphatic carbocycles. The molecule has 0 unspecified atom stereocenters. The Morgan fingerprint density at radius 3 is 3.07 bits per heavy atom. The van der Waals surface area contributed by atoms with Crippen molar-refractivity contribution in [2.45, 2.75) is 20.0 Å². The van der Waals surface area contributed by atoms with Crippen LogP contribution >= 0.6 is 11.3 Å². The number of aromatic amines is 1. The van der Waals surface area contributed by atoms with E-state index in [0.29, 0.717) is 0 Å². The summed E-state index contributed by atoms with van der Waals surface area (Å²) in [5.74, 6) is 0. The van der Waals surface area contributed by atoms with Crippen LogP contribution in [0.5, 0.6) is 0 Å². The summed E-state index contributed by atoms with van der Waals surface area (Å²) >= 11 is 1.70. The molecule has 4 heteroatoms. The fourth-order valence-corrected chi connectivity index (χ4v) is 2.01. The van der Waals surface area contributed by atoms with Gasteiger partial charge in [-0.1, -0.05) is 0 Å². The van der Waals surface area contributed by atoms with Crippen molar-refractivity contribution >= 4 is 11.3 Å². The van der Waals surface area contributed by atoms with Crippen molar-refractivity contribution in [1.29, 1.82) is 0 Å². The SMILES string of the molecule is Cc1csc(CNCc2ccc[nH]2)n1. The zero-order valence-electron chi connectivity index (χ0n) is 8.08. The van der Waals surface area contributed by atoms with Gasteiger partial charge in [-0.05, 0) is 19.1 Å². The second-order valence-corrected chi connectivity index (χ2v) is 4.12. The number of hydrogen-bond donors (Lipinski definition) is 2. The second kappa shape index (κ2) is 4.39. The van der Waals surface area contributed by atoms with Gasteiger partial charge in [0.2, 0.25) is 0 Å². The summed E-state index contributed by atoms with van der Waals surface area (Å²) in [6.45, 7) is 3.73. The van der Waals surface area contributed by atoms with Crippen molar-refractivity contribution in [3.05, 3.63) is 40.1 Å². The Kier molecular flexibility index (Phi) is 2.96. The molecule has 2 heterocycles. The van der Waals surface area contributed by atoms with E-state index in [4.69, 9.17) is 0 Å². The minimum Gasteiger partial charge on any atom is -0.364 e. The van der Waals surface area contributed by atoms with Crippen molar-refractivity contribution in [2.75, 3.05) is 0 Å². The highest BCUT2D eigenvalue weighted by Crippen LogP contribution is 2.08. The first kappa shape index (κ1) is 9.43. The fourth-order valence-electron chi connectivity index (χ4n) is 1.27. The molecule has 0 spiro atoms. The van der Waals surface area contributed by atoms with Crippen molar-refractivity contribution in [1.82, 2.24) is 15.3 Å². The lowest BCUT2D eigenvalue weighted by Gasteiger charge is -1.99. The summed E-state index contributed by atoms with van der Waals surface area (Å²) in [6, 6.07) is 4.07. The normalized spacial score (nSPS) is 10.6. The van der Waals surface area contributed by atoms with Crippen LogP contribution in [0.3, 0.4) is 0 Å². The first-order valence-corrected chi connectivity index (χ1v) is 5.46. The molecule has 0 atom stereocenters. The molecule has 0 amide bonds. The Bertz CT molecular complexity index is 378. The predicted molar refractivity (Wildman–Crippen MR) is 58.2 cm³/mol. The molecule has 0 saturated heterocycles.